The van der Waals surface area contributed by atoms with Crippen LogP contribution in [0.15, 0.2) is 72.8 Å². The number of aliphatic carboxylic acids is 1. The fourth-order valence-corrected chi connectivity index (χ4v) is 3.98. The summed E-state index contributed by atoms with van der Waals surface area (Å²) in [4.78, 5) is 23.7. The van der Waals surface area contributed by atoms with E-state index in [1.54, 1.807) is 18.2 Å². The van der Waals surface area contributed by atoms with Gasteiger partial charge in [-0.15, -0.1) is 0 Å². The van der Waals surface area contributed by atoms with Crippen molar-refractivity contribution in [3.8, 4) is 16.9 Å². The van der Waals surface area contributed by atoms with Gasteiger partial charge >= 0.3 is 12.1 Å². The Morgan fingerprint density at radius 1 is 0.900 bits per heavy atom. The second kappa shape index (κ2) is 8.29. The van der Waals surface area contributed by atoms with Crippen molar-refractivity contribution < 1.29 is 24.5 Å². The minimum absolute atomic E-state index is 0.0808. The quantitative estimate of drug-likeness (QED) is 0.565. The molecule has 1 aliphatic rings. The first-order chi connectivity index (χ1) is 14.5. The first-order valence-corrected chi connectivity index (χ1v) is 9.66. The maximum Gasteiger partial charge on any atom is 0.407 e. The van der Waals surface area contributed by atoms with Crippen molar-refractivity contribution in [2.24, 2.45) is 0 Å². The zero-order valence-electron chi connectivity index (χ0n) is 16.1. The number of phenols is 1. The highest BCUT2D eigenvalue weighted by Gasteiger charge is 2.29. The van der Waals surface area contributed by atoms with Gasteiger partial charge in [-0.05, 0) is 28.3 Å². The number of carboxylic acid groups (broad SMARTS) is 1. The van der Waals surface area contributed by atoms with Crippen molar-refractivity contribution in [3.05, 3.63) is 89.5 Å². The summed E-state index contributed by atoms with van der Waals surface area (Å²) in [5.74, 6) is -1.27. The lowest BCUT2D eigenvalue weighted by Gasteiger charge is -2.20. The van der Waals surface area contributed by atoms with Crippen molar-refractivity contribution >= 4 is 12.1 Å². The van der Waals surface area contributed by atoms with Crippen LogP contribution in [0.5, 0.6) is 5.75 Å². The van der Waals surface area contributed by atoms with E-state index in [2.05, 4.69) is 17.4 Å². The molecular formula is C24H21NO5. The number of fused-ring (bicyclic) bond motifs is 3. The molecule has 0 spiro atoms. The molecular weight excluding hydrogens is 382 g/mol. The molecule has 1 aliphatic carbocycles. The number of carbonyl (C=O) groups is 2. The van der Waals surface area contributed by atoms with E-state index in [-0.39, 0.29) is 24.7 Å². The molecule has 3 aromatic rings. The van der Waals surface area contributed by atoms with Gasteiger partial charge in [-0.2, -0.15) is 0 Å². The molecule has 6 nitrogen and oxygen atoms in total. The van der Waals surface area contributed by atoms with Crippen LogP contribution < -0.4 is 5.32 Å². The lowest BCUT2D eigenvalue weighted by atomic mass is 9.98. The lowest BCUT2D eigenvalue weighted by Crippen LogP contribution is -2.31. The van der Waals surface area contributed by atoms with Gasteiger partial charge in [0, 0.05) is 11.5 Å². The third kappa shape index (κ3) is 3.85. The molecule has 0 fully saturated rings. The van der Waals surface area contributed by atoms with Gasteiger partial charge in [0.1, 0.15) is 12.4 Å². The van der Waals surface area contributed by atoms with Crippen molar-refractivity contribution in [1.82, 2.24) is 5.32 Å². The number of nitrogens with one attached hydrogen (secondary N) is 1. The summed E-state index contributed by atoms with van der Waals surface area (Å²) in [5, 5.41) is 21.8. The van der Waals surface area contributed by atoms with Crippen LogP contribution in [0.2, 0.25) is 0 Å². The van der Waals surface area contributed by atoms with Crippen LogP contribution in [0.1, 0.15) is 35.1 Å². The van der Waals surface area contributed by atoms with Gasteiger partial charge in [0.2, 0.25) is 0 Å². The fraction of sp³-hybridized carbons (Fsp3) is 0.167. The minimum atomic E-state index is -1.10. The predicted molar refractivity (Wildman–Crippen MR) is 111 cm³/mol. The molecule has 6 heteroatoms. The van der Waals surface area contributed by atoms with Crippen molar-refractivity contribution in [1.29, 1.82) is 0 Å². The summed E-state index contributed by atoms with van der Waals surface area (Å²) in [5.41, 5.74) is 4.76. The number of carboxylic acids is 1. The Morgan fingerprint density at radius 2 is 1.47 bits per heavy atom. The highest BCUT2D eigenvalue weighted by Crippen LogP contribution is 2.44. The summed E-state index contributed by atoms with van der Waals surface area (Å²) in [6.45, 7) is 0.125. The zero-order valence-corrected chi connectivity index (χ0v) is 16.1. The Bertz CT molecular complexity index is 1050. The molecule has 0 aliphatic heterocycles. The van der Waals surface area contributed by atoms with E-state index in [4.69, 9.17) is 4.74 Å². The molecule has 0 heterocycles. The molecule has 0 saturated heterocycles. The number of hydrogen-bond acceptors (Lipinski definition) is 4. The summed E-state index contributed by atoms with van der Waals surface area (Å²) in [6.07, 6.45) is -1.10. The molecule has 0 saturated carbocycles. The Kier molecular flexibility index (Phi) is 5.39. The van der Waals surface area contributed by atoms with E-state index in [9.17, 15) is 19.8 Å². The molecule has 0 bridgehead atoms. The van der Waals surface area contributed by atoms with Crippen LogP contribution >= 0.6 is 0 Å². The number of ether oxygens (including phenoxy) is 1. The number of aromatic hydroxyl groups is 1. The lowest BCUT2D eigenvalue weighted by molar-refractivity contribution is -0.137. The van der Waals surface area contributed by atoms with Crippen LogP contribution in [0.25, 0.3) is 11.1 Å². The summed E-state index contributed by atoms with van der Waals surface area (Å²) >= 11 is 0. The normalized spacial score (nSPS) is 13.2. The van der Waals surface area contributed by atoms with E-state index in [1.165, 1.54) is 6.07 Å². The fourth-order valence-electron chi connectivity index (χ4n) is 3.98. The third-order valence-electron chi connectivity index (χ3n) is 5.33. The number of alkyl carbamates (subject to hydrolysis) is 1. The van der Waals surface area contributed by atoms with Gasteiger partial charge in [-0.25, -0.2) is 4.79 Å². The van der Waals surface area contributed by atoms with E-state index in [0.717, 1.165) is 22.3 Å². The predicted octanol–water partition coefficient (Wildman–Crippen LogP) is 4.45. The second-order valence-electron chi connectivity index (χ2n) is 7.18. The van der Waals surface area contributed by atoms with Crippen molar-refractivity contribution in [2.45, 2.75) is 18.4 Å². The van der Waals surface area contributed by atoms with Gasteiger partial charge in [0.15, 0.2) is 0 Å². The van der Waals surface area contributed by atoms with Crippen LogP contribution in [0.4, 0.5) is 4.79 Å². The molecule has 30 heavy (non-hydrogen) atoms. The summed E-state index contributed by atoms with van der Waals surface area (Å²) in [7, 11) is 0. The van der Waals surface area contributed by atoms with Gasteiger partial charge < -0.3 is 20.3 Å². The molecule has 1 amide bonds. The zero-order chi connectivity index (χ0) is 21.1. The molecule has 0 radical (unpaired) electrons. The van der Waals surface area contributed by atoms with Crippen LogP contribution in [-0.2, 0) is 9.53 Å². The average molecular weight is 403 g/mol. The number of rotatable bonds is 6. The maximum atomic E-state index is 12.5. The Morgan fingerprint density at radius 3 is 2.07 bits per heavy atom. The topological polar surface area (TPSA) is 95.9 Å². The van der Waals surface area contributed by atoms with Crippen molar-refractivity contribution in [3.63, 3.8) is 0 Å². The SMILES string of the molecule is O=C(O)C[C@@H](NC(=O)OCC1c2ccccc2-c2ccccc21)c1ccccc1O. The third-order valence-corrected chi connectivity index (χ3v) is 5.33. The Hall–Kier alpha value is -3.80. The molecule has 152 valence electrons. The molecule has 3 N–H and O–H groups in total. The average Bonchev–Trinajstić information content (AvgIpc) is 3.06. The number of amides is 1. The molecule has 0 aromatic heterocycles. The number of para-hydroxylation sites is 1. The second-order valence-corrected chi connectivity index (χ2v) is 7.18. The Labute approximate surface area is 173 Å². The van der Waals surface area contributed by atoms with E-state index in [1.807, 2.05) is 36.4 Å². The van der Waals surface area contributed by atoms with Crippen LogP contribution in [-0.4, -0.2) is 28.9 Å². The number of benzene rings is 3. The number of phenolic OH excluding ortho intramolecular Hbond substituents is 1. The Balaban J connectivity index is 1.49. The highest BCUT2D eigenvalue weighted by atomic mass is 16.5. The largest absolute Gasteiger partial charge is 0.508 e. The van der Waals surface area contributed by atoms with Gasteiger partial charge in [0.05, 0.1) is 12.5 Å². The standard InChI is InChI=1S/C24H21NO5/c26-22-12-6-5-11-19(22)21(13-23(27)28)25-24(29)30-14-20-17-9-3-1-7-15(17)16-8-2-4-10-18(16)20/h1-12,20-21,26H,13-14H2,(H,25,29)(H,27,28)/t21-/m1/s1. The van der Waals surface area contributed by atoms with Gasteiger partial charge in [-0.3, -0.25) is 4.79 Å². The summed E-state index contributed by atoms with van der Waals surface area (Å²) < 4.78 is 5.49. The monoisotopic (exact) mass is 403 g/mol. The molecule has 0 unspecified atom stereocenters. The van der Waals surface area contributed by atoms with Crippen LogP contribution in [0.3, 0.4) is 0 Å². The number of hydrogen-bond donors (Lipinski definition) is 3. The summed E-state index contributed by atoms with van der Waals surface area (Å²) in [6, 6.07) is 21.4. The van der Waals surface area contributed by atoms with Crippen molar-refractivity contribution in [2.75, 3.05) is 6.61 Å². The first-order valence-electron chi connectivity index (χ1n) is 9.66. The van der Waals surface area contributed by atoms with Gasteiger partial charge in [0.25, 0.3) is 0 Å². The molecule has 3 aromatic carbocycles. The smallest absolute Gasteiger partial charge is 0.407 e. The molecule has 4 rings (SSSR count). The van der Waals surface area contributed by atoms with E-state index in [0.29, 0.717) is 5.56 Å². The maximum absolute atomic E-state index is 12.5. The number of carbonyl (C=O) groups excluding carboxylic acids is 1. The molecule has 1 atom stereocenters. The van der Waals surface area contributed by atoms with Gasteiger partial charge in [-0.1, -0.05) is 66.7 Å². The van der Waals surface area contributed by atoms with Crippen LogP contribution in [0, 0.1) is 0 Å². The minimum Gasteiger partial charge on any atom is -0.508 e. The van der Waals surface area contributed by atoms with E-state index < -0.39 is 18.1 Å². The highest BCUT2D eigenvalue weighted by molar-refractivity contribution is 5.79. The van der Waals surface area contributed by atoms with E-state index >= 15 is 0 Å². The first kappa shape index (κ1) is 19.5.